The van der Waals surface area contributed by atoms with Crippen molar-refractivity contribution in [1.82, 2.24) is 0 Å². The summed E-state index contributed by atoms with van der Waals surface area (Å²) in [5.41, 5.74) is 1.03. The maximum absolute atomic E-state index is 5.94. The summed E-state index contributed by atoms with van der Waals surface area (Å²) in [4.78, 5) is 0. The Morgan fingerprint density at radius 2 is 2.23 bits per heavy atom. The van der Waals surface area contributed by atoms with Gasteiger partial charge in [-0.2, -0.15) is 0 Å². The van der Waals surface area contributed by atoms with Crippen molar-refractivity contribution >= 4 is 11.6 Å². The zero-order valence-corrected chi connectivity index (χ0v) is 7.96. The van der Waals surface area contributed by atoms with Gasteiger partial charge in [-0.3, -0.25) is 0 Å². The summed E-state index contributed by atoms with van der Waals surface area (Å²) in [6, 6.07) is 7.71. The quantitative estimate of drug-likeness (QED) is 0.693. The van der Waals surface area contributed by atoms with Crippen molar-refractivity contribution in [3.05, 3.63) is 34.9 Å². The first-order valence-electron chi connectivity index (χ1n) is 4.29. The number of ether oxygens (including phenoxy) is 2. The van der Waals surface area contributed by atoms with E-state index in [-0.39, 0.29) is 0 Å². The number of hydrogen-bond donors (Lipinski definition) is 0. The van der Waals surface area contributed by atoms with Crippen molar-refractivity contribution in [3.8, 4) is 0 Å². The van der Waals surface area contributed by atoms with Crippen LogP contribution in [0.5, 0.6) is 0 Å². The smallest absolute Gasteiger partial charge is 0.104 e. The van der Waals surface area contributed by atoms with Crippen molar-refractivity contribution < 1.29 is 9.47 Å². The molecule has 0 N–H and O–H groups in total. The molecule has 1 fully saturated rings. The lowest BCUT2D eigenvalue weighted by Gasteiger charge is -2.03. The number of epoxide rings is 1. The molecule has 70 valence electrons. The highest BCUT2D eigenvalue weighted by Gasteiger charge is 2.22. The highest BCUT2D eigenvalue weighted by molar-refractivity contribution is 6.31. The normalized spacial score (nSPS) is 20.2. The van der Waals surface area contributed by atoms with Gasteiger partial charge in [0.25, 0.3) is 0 Å². The van der Waals surface area contributed by atoms with Gasteiger partial charge in [0.1, 0.15) is 6.10 Å². The summed E-state index contributed by atoms with van der Waals surface area (Å²) >= 11 is 5.94. The van der Waals surface area contributed by atoms with E-state index >= 15 is 0 Å². The minimum Gasteiger partial charge on any atom is -0.374 e. The first-order valence-corrected chi connectivity index (χ1v) is 4.67. The van der Waals surface area contributed by atoms with Crippen LogP contribution in [0.25, 0.3) is 0 Å². The van der Waals surface area contributed by atoms with E-state index in [1.165, 1.54) is 0 Å². The molecule has 1 unspecified atom stereocenters. The van der Waals surface area contributed by atoms with Gasteiger partial charge in [-0.1, -0.05) is 29.8 Å². The van der Waals surface area contributed by atoms with Crippen LogP contribution in [-0.2, 0) is 16.1 Å². The Morgan fingerprint density at radius 3 is 2.92 bits per heavy atom. The molecule has 0 spiro atoms. The first kappa shape index (κ1) is 9.00. The van der Waals surface area contributed by atoms with E-state index in [0.29, 0.717) is 19.3 Å². The van der Waals surface area contributed by atoms with E-state index in [9.17, 15) is 0 Å². The SMILES string of the molecule is Clc1ccccc1COCC1CO1. The monoisotopic (exact) mass is 198 g/mol. The second-order valence-electron chi connectivity index (χ2n) is 3.06. The maximum atomic E-state index is 5.94. The fourth-order valence-corrected chi connectivity index (χ4v) is 1.27. The van der Waals surface area contributed by atoms with E-state index in [4.69, 9.17) is 21.1 Å². The summed E-state index contributed by atoms with van der Waals surface area (Å²) in [5, 5.41) is 0.763. The van der Waals surface area contributed by atoms with Gasteiger partial charge in [-0.15, -0.1) is 0 Å². The lowest BCUT2D eigenvalue weighted by atomic mass is 10.2. The van der Waals surface area contributed by atoms with Crippen molar-refractivity contribution in [2.45, 2.75) is 12.7 Å². The lowest BCUT2D eigenvalue weighted by molar-refractivity contribution is 0.104. The van der Waals surface area contributed by atoms with Crippen LogP contribution in [-0.4, -0.2) is 19.3 Å². The number of hydrogen-bond acceptors (Lipinski definition) is 2. The Balaban J connectivity index is 1.82. The molecule has 0 saturated carbocycles. The molecule has 0 aliphatic carbocycles. The minimum absolute atomic E-state index is 0.322. The molecule has 1 atom stereocenters. The van der Waals surface area contributed by atoms with Gasteiger partial charge in [0.15, 0.2) is 0 Å². The summed E-state index contributed by atoms with van der Waals surface area (Å²) < 4.78 is 10.4. The van der Waals surface area contributed by atoms with E-state index in [0.717, 1.165) is 17.2 Å². The Bertz CT molecular complexity index is 284. The number of halogens is 1. The van der Waals surface area contributed by atoms with Gasteiger partial charge in [-0.05, 0) is 11.6 Å². The summed E-state index contributed by atoms with van der Waals surface area (Å²) in [7, 11) is 0. The third kappa shape index (κ3) is 2.69. The molecule has 13 heavy (non-hydrogen) atoms. The molecule has 1 aromatic rings. The third-order valence-electron chi connectivity index (χ3n) is 1.92. The third-order valence-corrected chi connectivity index (χ3v) is 2.29. The number of benzene rings is 1. The van der Waals surface area contributed by atoms with Gasteiger partial charge in [0.05, 0.1) is 19.8 Å². The average Bonchev–Trinajstić information content (AvgIpc) is 2.92. The van der Waals surface area contributed by atoms with Gasteiger partial charge >= 0.3 is 0 Å². The molecule has 2 rings (SSSR count). The van der Waals surface area contributed by atoms with Crippen molar-refractivity contribution in [2.75, 3.05) is 13.2 Å². The average molecular weight is 199 g/mol. The molecule has 1 aliphatic heterocycles. The molecule has 0 radical (unpaired) electrons. The predicted molar refractivity (Wildman–Crippen MR) is 50.8 cm³/mol. The molecular formula is C10H11ClO2. The highest BCUT2D eigenvalue weighted by Crippen LogP contribution is 2.16. The molecule has 0 amide bonds. The summed E-state index contributed by atoms with van der Waals surface area (Å²) in [5.74, 6) is 0. The lowest BCUT2D eigenvalue weighted by Crippen LogP contribution is -2.01. The van der Waals surface area contributed by atoms with Crippen LogP contribution in [0.1, 0.15) is 5.56 Å². The van der Waals surface area contributed by atoms with Gasteiger partial charge in [0.2, 0.25) is 0 Å². The zero-order chi connectivity index (χ0) is 9.10. The molecule has 1 heterocycles. The topological polar surface area (TPSA) is 21.8 Å². The van der Waals surface area contributed by atoms with Crippen LogP contribution >= 0.6 is 11.6 Å². The fraction of sp³-hybridized carbons (Fsp3) is 0.400. The standard InChI is InChI=1S/C10H11ClO2/c11-10-4-2-1-3-8(10)5-12-6-9-7-13-9/h1-4,9H,5-7H2. The van der Waals surface area contributed by atoms with Crippen LogP contribution in [0.15, 0.2) is 24.3 Å². The summed E-state index contributed by atoms with van der Waals surface area (Å²) in [6.07, 6.45) is 0.322. The molecule has 2 nitrogen and oxygen atoms in total. The van der Waals surface area contributed by atoms with E-state index in [1.807, 2.05) is 24.3 Å². The summed E-state index contributed by atoms with van der Waals surface area (Å²) in [6.45, 7) is 2.08. The largest absolute Gasteiger partial charge is 0.374 e. The molecule has 3 heteroatoms. The zero-order valence-electron chi connectivity index (χ0n) is 7.20. The molecule has 1 saturated heterocycles. The van der Waals surface area contributed by atoms with Crippen LogP contribution in [0.3, 0.4) is 0 Å². The highest BCUT2D eigenvalue weighted by atomic mass is 35.5. The van der Waals surface area contributed by atoms with Crippen LogP contribution in [0, 0.1) is 0 Å². The van der Waals surface area contributed by atoms with Crippen LogP contribution in [0.4, 0.5) is 0 Å². The predicted octanol–water partition coefficient (Wildman–Crippen LogP) is 2.26. The fourth-order valence-electron chi connectivity index (χ4n) is 1.08. The Labute approximate surface area is 82.4 Å². The van der Waals surface area contributed by atoms with Crippen molar-refractivity contribution in [3.63, 3.8) is 0 Å². The Morgan fingerprint density at radius 1 is 1.46 bits per heavy atom. The van der Waals surface area contributed by atoms with E-state index in [2.05, 4.69) is 0 Å². The second kappa shape index (κ2) is 4.09. The molecule has 1 aromatic carbocycles. The molecule has 1 aliphatic rings. The van der Waals surface area contributed by atoms with Gasteiger partial charge < -0.3 is 9.47 Å². The minimum atomic E-state index is 0.322. The first-order chi connectivity index (χ1) is 6.36. The van der Waals surface area contributed by atoms with Crippen molar-refractivity contribution in [1.29, 1.82) is 0 Å². The second-order valence-corrected chi connectivity index (χ2v) is 3.47. The Kier molecular flexibility index (Phi) is 2.83. The van der Waals surface area contributed by atoms with E-state index < -0.39 is 0 Å². The van der Waals surface area contributed by atoms with Crippen LogP contribution < -0.4 is 0 Å². The van der Waals surface area contributed by atoms with Gasteiger partial charge in [0, 0.05) is 5.02 Å². The van der Waals surface area contributed by atoms with Crippen LogP contribution in [0.2, 0.25) is 5.02 Å². The molecular weight excluding hydrogens is 188 g/mol. The molecule has 0 aromatic heterocycles. The van der Waals surface area contributed by atoms with Gasteiger partial charge in [-0.25, -0.2) is 0 Å². The maximum Gasteiger partial charge on any atom is 0.104 e. The van der Waals surface area contributed by atoms with E-state index in [1.54, 1.807) is 0 Å². The Hall–Kier alpha value is -0.570. The number of rotatable bonds is 4. The van der Waals surface area contributed by atoms with Crippen molar-refractivity contribution in [2.24, 2.45) is 0 Å². The molecule has 0 bridgehead atoms.